The first kappa shape index (κ1) is 13.4. The van der Waals surface area contributed by atoms with Gasteiger partial charge in [0, 0.05) is 13.1 Å². The van der Waals surface area contributed by atoms with Gasteiger partial charge in [0.2, 0.25) is 0 Å². The van der Waals surface area contributed by atoms with Crippen LogP contribution >= 0.6 is 0 Å². The molecule has 0 aromatic carbocycles. The zero-order valence-electron chi connectivity index (χ0n) is 9.28. The van der Waals surface area contributed by atoms with Crippen LogP contribution in [-0.2, 0) is 0 Å². The molecule has 0 heterocycles. The fourth-order valence-corrected chi connectivity index (χ4v) is 1.41. The molecule has 0 saturated heterocycles. The maximum atomic E-state index is 9.83. The van der Waals surface area contributed by atoms with Crippen molar-refractivity contribution in [2.75, 3.05) is 13.1 Å². The molecule has 2 nitrogen and oxygen atoms in total. The maximum Gasteiger partial charge on any atom is 0.107 e. The average molecular weight is 197 g/mol. The van der Waals surface area contributed by atoms with E-state index in [9.17, 15) is 5.11 Å². The SMILES string of the molecule is C=CCN(CC=C)C(O)CCCCC. The third kappa shape index (κ3) is 5.95. The highest BCUT2D eigenvalue weighted by molar-refractivity contribution is 4.81. The van der Waals surface area contributed by atoms with Crippen LogP contribution in [0.2, 0.25) is 0 Å². The van der Waals surface area contributed by atoms with Crippen LogP contribution in [0.5, 0.6) is 0 Å². The molecule has 14 heavy (non-hydrogen) atoms. The van der Waals surface area contributed by atoms with Crippen molar-refractivity contribution in [1.82, 2.24) is 4.90 Å². The summed E-state index contributed by atoms with van der Waals surface area (Å²) in [5, 5.41) is 9.83. The third-order valence-electron chi connectivity index (χ3n) is 2.21. The predicted octanol–water partition coefficient (Wildman–Crippen LogP) is 2.56. The van der Waals surface area contributed by atoms with Gasteiger partial charge in [-0.15, -0.1) is 13.2 Å². The van der Waals surface area contributed by atoms with Crippen LogP contribution in [-0.4, -0.2) is 29.3 Å². The number of nitrogens with zero attached hydrogens (tertiary/aromatic N) is 1. The Morgan fingerprint density at radius 1 is 1.21 bits per heavy atom. The van der Waals surface area contributed by atoms with Gasteiger partial charge in [-0.25, -0.2) is 0 Å². The van der Waals surface area contributed by atoms with Crippen molar-refractivity contribution in [3.05, 3.63) is 25.3 Å². The monoisotopic (exact) mass is 197 g/mol. The fraction of sp³-hybridized carbons (Fsp3) is 0.667. The normalized spacial score (nSPS) is 12.8. The van der Waals surface area contributed by atoms with Crippen LogP contribution < -0.4 is 0 Å². The van der Waals surface area contributed by atoms with Crippen molar-refractivity contribution in [2.24, 2.45) is 0 Å². The Labute approximate surface area is 87.9 Å². The largest absolute Gasteiger partial charge is 0.378 e. The lowest BCUT2D eigenvalue weighted by Crippen LogP contribution is -2.35. The summed E-state index contributed by atoms with van der Waals surface area (Å²) in [5.74, 6) is 0. The second kappa shape index (κ2) is 8.97. The van der Waals surface area contributed by atoms with Crippen molar-refractivity contribution in [3.63, 3.8) is 0 Å². The van der Waals surface area contributed by atoms with E-state index in [1.165, 1.54) is 12.8 Å². The van der Waals surface area contributed by atoms with Crippen molar-refractivity contribution in [2.45, 2.75) is 38.8 Å². The lowest BCUT2D eigenvalue weighted by atomic mass is 10.2. The molecule has 1 N–H and O–H groups in total. The van der Waals surface area contributed by atoms with Crippen LogP contribution in [0, 0.1) is 0 Å². The molecular formula is C12H23NO. The minimum Gasteiger partial charge on any atom is -0.378 e. The Morgan fingerprint density at radius 3 is 2.21 bits per heavy atom. The Balaban J connectivity index is 3.80. The Bertz CT molecular complexity index is 146. The van der Waals surface area contributed by atoms with Gasteiger partial charge in [-0.05, 0) is 12.8 Å². The quantitative estimate of drug-likeness (QED) is 0.349. The van der Waals surface area contributed by atoms with Crippen molar-refractivity contribution >= 4 is 0 Å². The average Bonchev–Trinajstić information content (AvgIpc) is 2.18. The van der Waals surface area contributed by atoms with Crippen LogP contribution in [0.4, 0.5) is 0 Å². The first-order valence-electron chi connectivity index (χ1n) is 5.40. The number of hydrogen-bond donors (Lipinski definition) is 1. The second-order valence-corrected chi connectivity index (χ2v) is 3.51. The minimum atomic E-state index is -0.349. The van der Waals surface area contributed by atoms with Gasteiger partial charge in [0.15, 0.2) is 0 Å². The summed E-state index contributed by atoms with van der Waals surface area (Å²) in [5.41, 5.74) is 0. The first-order chi connectivity index (χ1) is 6.76. The zero-order valence-corrected chi connectivity index (χ0v) is 9.28. The van der Waals surface area contributed by atoms with E-state index in [2.05, 4.69) is 20.1 Å². The predicted molar refractivity (Wildman–Crippen MR) is 62.1 cm³/mol. The molecule has 0 aliphatic rings. The van der Waals surface area contributed by atoms with Crippen LogP contribution in [0.1, 0.15) is 32.6 Å². The molecule has 1 unspecified atom stereocenters. The highest BCUT2D eigenvalue weighted by atomic mass is 16.3. The Morgan fingerprint density at radius 2 is 1.79 bits per heavy atom. The van der Waals surface area contributed by atoms with E-state index in [0.29, 0.717) is 0 Å². The molecule has 0 fully saturated rings. The van der Waals surface area contributed by atoms with Gasteiger partial charge in [0.25, 0.3) is 0 Å². The van der Waals surface area contributed by atoms with Crippen molar-refractivity contribution < 1.29 is 5.11 Å². The van der Waals surface area contributed by atoms with Gasteiger partial charge < -0.3 is 5.11 Å². The molecule has 0 aromatic rings. The Kier molecular flexibility index (Phi) is 8.59. The summed E-state index contributed by atoms with van der Waals surface area (Å²) in [6, 6.07) is 0. The zero-order chi connectivity index (χ0) is 10.8. The fourth-order valence-electron chi connectivity index (χ4n) is 1.41. The van der Waals surface area contributed by atoms with Crippen LogP contribution in [0.25, 0.3) is 0 Å². The topological polar surface area (TPSA) is 23.5 Å². The standard InChI is InChI=1S/C12H23NO/c1-4-7-8-9-12(14)13(10-5-2)11-6-3/h5-6,12,14H,2-4,7-11H2,1H3. The molecule has 0 aliphatic heterocycles. The van der Waals surface area contributed by atoms with Gasteiger partial charge >= 0.3 is 0 Å². The summed E-state index contributed by atoms with van der Waals surface area (Å²) in [4.78, 5) is 1.97. The first-order valence-corrected chi connectivity index (χ1v) is 5.40. The van der Waals surface area contributed by atoms with Crippen LogP contribution in [0.3, 0.4) is 0 Å². The highest BCUT2D eigenvalue weighted by Crippen LogP contribution is 2.07. The molecule has 0 rings (SSSR count). The lowest BCUT2D eigenvalue weighted by molar-refractivity contribution is 0.0113. The molecule has 0 aromatic heterocycles. The van der Waals surface area contributed by atoms with Gasteiger partial charge in [0.1, 0.15) is 6.23 Å². The smallest absolute Gasteiger partial charge is 0.107 e. The van der Waals surface area contributed by atoms with E-state index >= 15 is 0 Å². The molecule has 0 saturated carbocycles. The van der Waals surface area contributed by atoms with E-state index in [-0.39, 0.29) is 6.23 Å². The summed E-state index contributed by atoms with van der Waals surface area (Å²) in [6.07, 6.45) is 7.58. The summed E-state index contributed by atoms with van der Waals surface area (Å²) < 4.78 is 0. The van der Waals surface area contributed by atoms with Gasteiger partial charge in [-0.1, -0.05) is 31.9 Å². The summed E-state index contributed by atoms with van der Waals surface area (Å²) in [7, 11) is 0. The molecule has 0 spiro atoms. The highest BCUT2D eigenvalue weighted by Gasteiger charge is 2.11. The molecule has 0 amide bonds. The molecule has 1 atom stereocenters. The second-order valence-electron chi connectivity index (χ2n) is 3.51. The summed E-state index contributed by atoms with van der Waals surface area (Å²) in [6.45, 7) is 11.0. The van der Waals surface area contributed by atoms with Crippen LogP contribution in [0.15, 0.2) is 25.3 Å². The third-order valence-corrected chi connectivity index (χ3v) is 2.21. The van der Waals surface area contributed by atoms with Gasteiger partial charge in [-0.3, -0.25) is 4.90 Å². The van der Waals surface area contributed by atoms with E-state index in [1.807, 2.05) is 17.1 Å². The van der Waals surface area contributed by atoms with E-state index < -0.39 is 0 Å². The summed E-state index contributed by atoms with van der Waals surface area (Å²) >= 11 is 0. The van der Waals surface area contributed by atoms with E-state index in [1.54, 1.807) is 0 Å². The lowest BCUT2D eigenvalue weighted by Gasteiger charge is -2.25. The molecule has 0 bridgehead atoms. The number of aliphatic hydroxyl groups is 1. The molecular weight excluding hydrogens is 174 g/mol. The molecule has 0 aliphatic carbocycles. The van der Waals surface area contributed by atoms with E-state index in [0.717, 1.165) is 25.9 Å². The molecule has 0 radical (unpaired) electrons. The minimum absolute atomic E-state index is 0.349. The van der Waals surface area contributed by atoms with Crippen molar-refractivity contribution in [3.8, 4) is 0 Å². The van der Waals surface area contributed by atoms with Gasteiger partial charge in [0.05, 0.1) is 0 Å². The molecule has 82 valence electrons. The number of unbranched alkanes of at least 4 members (excludes halogenated alkanes) is 2. The van der Waals surface area contributed by atoms with E-state index in [4.69, 9.17) is 0 Å². The molecule has 2 heteroatoms. The maximum absolute atomic E-state index is 9.83. The van der Waals surface area contributed by atoms with Gasteiger partial charge in [-0.2, -0.15) is 0 Å². The number of hydrogen-bond acceptors (Lipinski definition) is 2. The Hall–Kier alpha value is -0.600. The van der Waals surface area contributed by atoms with Crippen molar-refractivity contribution in [1.29, 1.82) is 0 Å². The number of aliphatic hydroxyl groups excluding tert-OH is 1. The number of rotatable bonds is 9.